The predicted octanol–water partition coefficient (Wildman–Crippen LogP) is -0.501. The molecule has 0 aromatic carbocycles. The van der Waals surface area contributed by atoms with E-state index in [9.17, 15) is 0 Å². The maximum Gasteiger partial charge on any atom is 0.0873 e. The molecule has 0 aromatic rings. The summed E-state index contributed by atoms with van der Waals surface area (Å²) in [7, 11) is 5.23. The van der Waals surface area contributed by atoms with Crippen LogP contribution in [0, 0.1) is 0 Å². The van der Waals surface area contributed by atoms with E-state index < -0.39 is 0 Å². The van der Waals surface area contributed by atoms with Gasteiger partial charge in [-0.3, -0.25) is 0 Å². The van der Waals surface area contributed by atoms with Crippen LogP contribution in [0.3, 0.4) is 0 Å². The maximum atomic E-state index is 5.36. The lowest BCUT2D eigenvalue weighted by atomic mass is 10.5. The molecule has 0 fully saturated rings. The third-order valence-electron chi connectivity index (χ3n) is 0.980. The number of hydrogen-bond acceptors (Lipinski definition) is 4. The molecule has 0 bridgehead atoms. The van der Waals surface area contributed by atoms with Crippen LogP contribution < -0.4 is 11.2 Å². The van der Waals surface area contributed by atoms with E-state index >= 15 is 0 Å². The van der Waals surface area contributed by atoms with Gasteiger partial charge in [0.15, 0.2) is 0 Å². The Morgan fingerprint density at radius 3 is 2.70 bits per heavy atom. The quantitative estimate of drug-likeness (QED) is 0.413. The average molecular weight is 145 g/mol. The van der Waals surface area contributed by atoms with Gasteiger partial charge in [0.1, 0.15) is 0 Å². The zero-order chi connectivity index (χ0) is 7.98. The fourth-order valence-corrected chi connectivity index (χ4v) is 0.575. The molecule has 4 nitrogen and oxygen atoms in total. The highest BCUT2D eigenvalue weighted by atomic mass is 16.5. The number of nitrogens with zero attached hydrogens (tertiary/aromatic N) is 1. The molecule has 0 heterocycles. The van der Waals surface area contributed by atoms with Gasteiger partial charge >= 0.3 is 0 Å². The van der Waals surface area contributed by atoms with Gasteiger partial charge in [-0.15, -0.1) is 0 Å². The van der Waals surface area contributed by atoms with E-state index in [1.165, 1.54) is 5.01 Å². The van der Waals surface area contributed by atoms with E-state index in [0.29, 0.717) is 6.61 Å². The van der Waals surface area contributed by atoms with E-state index in [2.05, 4.69) is 5.32 Å². The zero-order valence-electron chi connectivity index (χ0n) is 6.72. The topological polar surface area (TPSA) is 50.5 Å². The van der Waals surface area contributed by atoms with Gasteiger partial charge in [-0.25, -0.2) is 5.84 Å². The number of methoxy groups -OCH3 is 1. The second kappa shape index (κ2) is 5.08. The maximum absolute atomic E-state index is 5.36. The van der Waals surface area contributed by atoms with E-state index in [-0.39, 0.29) is 0 Å². The van der Waals surface area contributed by atoms with Crippen LogP contribution in [-0.2, 0) is 4.74 Å². The normalized spacial score (nSPS) is 11.4. The van der Waals surface area contributed by atoms with Crippen LogP contribution in [0.15, 0.2) is 11.9 Å². The van der Waals surface area contributed by atoms with Crippen molar-refractivity contribution in [2.75, 3.05) is 27.8 Å². The Bertz CT molecular complexity index is 112. The van der Waals surface area contributed by atoms with Crippen LogP contribution in [0.5, 0.6) is 0 Å². The molecule has 0 rings (SSSR count). The molecule has 0 aliphatic rings. The lowest BCUT2D eigenvalue weighted by molar-refractivity contribution is 0.219. The minimum Gasteiger partial charge on any atom is -0.388 e. The van der Waals surface area contributed by atoms with Crippen LogP contribution >= 0.6 is 0 Å². The molecule has 0 saturated heterocycles. The Labute approximate surface area is 61.6 Å². The van der Waals surface area contributed by atoms with Crippen molar-refractivity contribution in [1.29, 1.82) is 0 Å². The zero-order valence-corrected chi connectivity index (χ0v) is 6.72. The van der Waals surface area contributed by atoms with E-state index in [1.807, 2.05) is 7.05 Å². The van der Waals surface area contributed by atoms with Crippen molar-refractivity contribution in [3.8, 4) is 0 Å². The first-order chi connectivity index (χ1) is 4.70. The fraction of sp³-hybridized carbons (Fsp3) is 0.667. The van der Waals surface area contributed by atoms with Crippen LogP contribution in [0.25, 0.3) is 0 Å². The Hall–Kier alpha value is -0.740. The Balaban J connectivity index is 3.78. The number of nitrogens with one attached hydrogen (secondary N) is 1. The first-order valence-corrected chi connectivity index (χ1v) is 3.05. The fourth-order valence-electron chi connectivity index (χ4n) is 0.575. The van der Waals surface area contributed by atoms with Crippen molar-refractivity contribution in [3.63, 3.8) is 0 Å². The number of rotatable bonds is 4. The highest BCUT2D eigenvalue weighted by molar-refractivity contribution is 4.96. The van der Waals surface area contributed by atoms with Gasteiger partial charge in [-0.1, -0.05) is 0 Å². The summed E-state index contributed by atoms with van der Waals surface area (Å²) in [5.74, 6) is 5.36. The lowest BCUT2D eigenvalue weighted by Gasteiger charge is -2.09. The van der Waals surface area contributed by atoms with Crippen LogP contribution in [0.2, 0.25) is 0 Å². The summed E-state index contributed by atoms with van der Waals surface area (Å²) in [6.45, 7) is 0.554. The van der Waals surface area contributed by atoms with E-state index in [1.54, 1.807) is 20.4 Å². The monoisotopic (exact) mass is 145 g/mol. The standard InChI is InChI=1S/C6H15N3O/c1-8-6(5-10-3)4-9(2)7/h4,8H,5,7H2,1-3H3/b6-4-. The first kappa shape index (κ1) is 9.26. The Morgan fingerprint density at radius 1 is 1.80 bits per heavy atom. The highest BCUT2D eigenvalue weighted by Gasteiger charge is 1.91. The largest absolute Gasteiger partial charge is 0.388 e. The van der Waals surface area contributed by atoms with E-state index in [4.69, 9.17) is 10.6 Å². The Morgan fingerprint density at radius 2 is 2.40 bits per heavy atom. The molecule has 0 aliphatic carbocycles. The molecule has 0 aromatic heterocycles. The SMILES string of the molecule is CN/C(=C\N(C)N)COC. The summed E-state index contributed by atoms with van der Waals surface area (Å²) in [6.07, 6.45) is 1.77. The minimum absolute atomic E-state index is 0.554. The molecule has 0 amide bonds. The molecule has 0 atom stereocenters. The summed E-state index contributed by atoms with van der Waals surface area (Å²) < 4.78 is 4.88. The number of ether oxygens (including phenoxy) is 1. The minimum atomic E-state index is 0.554. The van der Waals surface area contributed by atoms with Gasteiger partial charge in [0.2, 0.25) is 0 Å². The smallest absolute Gasteiger partial charge is 0.0873 e. The molecule has 60 valence electrons. The van der Waals surface area contributed by atoms with Crippen molar-refractivity contribution in [2.45, 2.75) is 0 Å². The van der Waals surface area contributed by atoms with Crippen LogP contribution in [0.1, 0.15) is 0 Å². The number of hydrazine groups is 1. The van der Waals surface area contributed by atoms with Gasteiger partial charge in [0.05, 0.1) is 12.3 Å². The predicted molar refractivity (Wildman–Crippen MR) is 41.0 cm³/mol. The second-order valence-corrected chi connectivity index (χ2v) is 2.00. The van der Waals surface area contributed by atoms with Crippen molar-refractivity contribution in [2.24, 2.45) is 5.84 Å². The van der Waals surface area contributed by atoms with Gasteiger partial charge in [0.25, 0.3) is 0 Å². The van der Waals surface area contributed by atoms with Crippen molar-refractivity contribution < 1.29 is 4.74 Å². The number of nitrogens with two attached hydrogens (primary N) is 1. The molecule has 0 spiro atoms. The molecule has 0 aliphatic heterocycles. The molecule has 4 heteroatoms. The van der Waals surface area contributed by atoms with Crippen molar-refractivity contribution in [3.05, 3.63) is 11.9 Å². The van der Waals surface area contributed by atoms with Crippen LogP contribution in [0.4, 0.5) is 0 Å². The number of hydrogen-bond donors (Lipinski definition) is 2. The van der Waals surface area contributed by atoms with Crippen molar-refractivity contribution in [1.82, 2.24) is 10.3 Å². The third-order valence-corrected chi connectivity index (χ3v) is 0.980. The second-order valence-electron chi connectivity index (χ2n) is 2.00. The molecule has 10 heavy (non-hydrogen) atoms. The molecule has 3 N–H and O–H groups in total. The summed E-state index contributed by atoms with van der Waals surface area (Å²) in [4.78, 5) is 0. The highest BCUT2D eigenvalue weighted by Crippen LogP contribution is 1.87. The summed E-state index contributed by atoms with van der Waals surface area (Å²) in [5, 5.41) is 4.43. The van der Waals surface area contributed by atoms with Gasteiger partial charge in [-0.2, -0.15) is 0 Å². The average Bonchev–Trinajstić information content (AvgIpc) is 1.86. The molecule has 0 unspecified atom stereocenters. The van der Waals surface area contributed by atoms with E-state index in [0.717, 1.165) is 5.70 Å². The molecule has 0 radical (unpaired) electrons. The van der Waals surface area contributed by atoms with Gasteiger partial charge < -0.3 is 15.1 Å². The Kier molecular flexibility index (Phi) is 4.70. The van der Waals surface area contributed by atoms with Crippen LogP contribution in [-0.4, -0.2) is 32.8 Å². The lowest BCUT2D eigenvalue weighted by Crippen LogP contribution is -2.23. The van der Waals surface area contributed by atoms with Gasteiger partial charge in [0, 0.05) is 27.4 Å². The molecular formula is C6H15N3O. The molecule has 0 saturated carbocycles. The summed E-state index contributed by atoms with van der Waals surface area (Å²) in [5.41, 5.74) is 0.951. The van der Waals surface area contributed by atoms with Crippen molar-refractivity contribution >= 4 is 0 Å². The number of likely N-dealkylation sites (N-methyl/N-ethyl adjacent to an activating group) is 1. The van der Waals surface area contributed by atoms with Gasteiger partial charge in [-0.05, 0) is 0 Å². The third kappa shape index (κ3) is 4.17. The summed E-state index contributed by atoms with van der Waals surface area (Å²) in [6, 6.07) is 0. The summed E-state index contributed by atoms with van der Waals surface area (Å²) >= 11 is 0. The first-order valence-electron chi connectivity index (χ1n) is 3.05. The molecular weight excluding hydrogens is 130 g/mol.